The second-order valence-electron chi connectivity index (χ2n) is 4.88. The number of amides is 1. The first-order valence-electron chi connectivity index (χ1n) is 7.26. The minimum absolute atomic E-state index is 0.0857. The maximum atomic E-state index is 11.8. The Labute approximate surface area is 159 Å². The van der Waals surface area contributed by atoms with Gasteiger partial charge in [-0.25, -0.2) is 5.43 Å². The molecule has 0 fully saturated rings. The summed E-state index contributed by atoms with van der Waals surface area (Å²) in [6, 6.07) is 10.6. The Morgan fingerprint density at radius 2 is 1.88 bits per heavy atom. The predicted molar refractivity (Wildman–Crippen MR) is 103 cm³/mol. The molecule has 1 amide bonds. The number of hydrogen-bond acceptors (Lipinski definition) is 5. The Balaban J connectivity index is 1.92. The topological polar surface area (TPSA) is 72.0 Å². The summed E-state index contributed by atoms with van der Waals surface area (Å²) in [5, 5.41) is 7.56. The first kappa shape index (κ1) is 19.1. The minimum atomic E-state index is -0.280. The van der Waals surface area contributed by atoms with Crippen LogP contribution in [0.3, 0.4) is 0 Å². The van der Waals surface area contributed by atoms with Crippen molar-refractivity contribution in [1.82, 2.24) is 5.43 Å². The van der Waals surface area contributed by atoms with E-state index in [-0.39, 0.29) is 12.5 Å². The zero-order chi connectivity index (χ0) is 18.2. The van der Waals surface area contributed by atoms with Crippen molar-refractivity contribution >= 4 is 45.3 Å². The molecule has 0 bridgehead atoms. The van der Waals surface area contributed by atoms with Crippen LogP contribution in [0.5, 0.6) is 11.5 Å². The number of hydrazone groups is 1. The van der Waals surface area contributed by atoms with Gasteiger partial charge in [0.1, 0.15) is 11.5 Å². The fraction of sp³-hybridized carbons (Fsp3) is 0.176. The van der Waals surface area contributed by atoms with Crippen LogP contribution in [0.15, 0.2) is 46.0 Å². The van der Waals surface area contributed by atoms with Crippen LogP contribution >= 0.6 is 27.5 Å². The largest absolute Gasteiger partial charge is 0.496 e. The van der Waals surface area contributed by atoms with Gasteiger partial charge in [-0.1, -0.05) is 11.6 Å². The van der Waals surface area contributed by atoms with Crippen molar-refractivity contribution in [2.75, 3.05) is 26.1 Å². The fourth-order valence-corrected chi connectivity index (χ4v) is 2.60. The van der Waals surface area contributed by atoms with Crippen LogP contribution in [0.4, 0.5) is 5.69 Å². The highest BCUT2D eigenvalue weighted by atomic mass is 79.9. The molecule has 0 aliphatic carbocycles. The van der Waals surface area contributed by atoms with E-state index in [4.69, 9.17) is 21.1 Å². The summed E-state index contributed by atoms with van der Waals surface area (Å²) >= 11 is 9.21. The van der Waals surface area contributed by atoms with Crippen molar-refractivity contribution in [2.45, 2.75) is 0 Å². The van der Waals surface area contributed by atoms with E-state index < -0.39 is 0 Å². The Morgan fingerprint density at radius 3 is 2.52 bits per heavy atom. The Kier molecular flexibility index (Phi) is 7.09. The van der Waals surface area contributed by atoms with Crippen LogP contribution in [0.2, 0.25) is 5.02 Å². The van der Waals surface area contributed by atoms with E-state index in [0.717, 1.165) is 10.2 Å². The Hall–Kier alpha value is -2.25. The number of rotatable bonds is 7. The summed E-state index contributed by atoms with van der Waals surface area (Å²) in [7, 11) is 3.12. The third-order valence-corrected chi connectivity index (χ3v) is 4.07. The van der Waals surface area contributed by atoms with Crippen LogP contribution < -0.4 is 20.2 Å². The van der Waals surface area contributed by atoms with Crippen LogP contribution in [0.25, 0.3) is 0 Å². The van der Waals surface area contributed by atoms with Crippen molar-refractivity contribution in [1.29, 1.82) is 0 Å². The lowest BCUT2D eigenvalue weighted by Gasteiger charge is -2.09. The highest BCUT2D eigenvalue weighted by Crippen LogP contribution is 2.31. The van der Waals surface area contributed by atoms with E-state index in [0.29, 0.717) is 22.1 Å². The number of benzene rings is 2. The number of ether oxygens (including phenoxy) is 2. The highest BCUT2D eigenvalue weighted by Gasteiger charge is 2.08. The lowest BCUT2D eigenvalue weighted by Crippen LogP contribution is -2.25. The van der Waals surface area contributed by atoms with E-state index in [9.17, 15) is 4.79 Å². The molecule has 0 aromatic heterocycles. The zero-order valence-corrected chi connectivity index (χ0v) is 16.0. The van der Waals surface area contributed by atoms with E-state index in [2.05, 4.69) is 31.8 Å². The van der Waals surface area contributed by atoms with Gasteiger partial charge in [0.25, 0.3) is 5.91 Å². The van der Waals surface area contributed by atoms with Crippen LogP contribution in [0.1, 0.15) is 5.56 Å². The maximum Gasteiger partial charge on any atom is 0.259 e. The van der Waals surface area contributed by atoms with Gasteiger partial charge in [0.2, 0.25) is 0 Å². The molecule has 0 atom stereocenters. The van der Waals surface area contributed by atoms with Gasteiger partial charge in [-0.3, -0.25) is 4.79 Å². The van der Waals surface area contributed by atoms with Gasteiger partial charge in [-0.05, 0) is 46.3 Å². The van der Waals surface area contributed by atoms with Crippen LogP contribution in [-0.4, -0.2) is 32.9 Å². The molecule has 0 spiro atoms. The van der Waals surface area contributed by atoms with Gasteiger partial charge >= 0.3 is 0 Å². The van der Waals surface area contributed by atoms with Crippen LogP contribution in [-0.2, 0) is 4.79 Å². The van der Waals surface area contributed by atoms with Crippen molar-refractivity contribution < 1.29 is 14.3 Å². The molecule has 0 saturated heterocycles. The Morgan fingerprint density at radius 1 is 1.20 bits per heavy atom. The normalized spacial score (nSPS) is 10.6. The Bertz CT molecular complexity index is 766. The SMILES string of the molecule is COc1cc(OC)c(/C=N\NC(=O)CNc2ccc(Cl)cc2)cc1Br. The molecule has 0 aliphatic heterocycles. The predicted octanol–water partition coefficient (Wildman–Crippen LogP) is 3.68. The first-order chi connectivity index (χ1) is 12.0. The highest BCUT2D eigenvalue weighted by molar-refractivity contribution is 9.10. The lowest BCUT2D eigenvalue weighted by molar-refractivity contribution is -0.119. The first-order valence-corrected chi connectivity index (χ1v) is 8.43. The van der Waals surface area contributed by atoms with Gasteiger partial charge in [-0.15, -0.1) is 0 Å². The van der Waals surface area contributed by atoms with Gasteiger partial charge in [0.15, 0.2) is 0 Å². The zero-order valence-electron chi connectivity index (χ0n) is 13.7. The summed E-state index contributed by atoms with van der Waals surface area (Å²) in [6.07, 6.45) is 1.50. The summed E-state index contributed by atoms with van der Waals surface area (Å²) in [6.45, 7) is 0.0857. The monoisotopic (exact) mass is 425 g/mol. The fourth-order valence-electron chi connectivity index (χ4n) is 1.95. The van der Waals surface area contributed by atoms with Crippen LogP contribution in [0, 0.1) is 0 Å². The molecule has 25 heavy (non-hydrogen) atoms. The molecule has 8 heteroatoms. The molecular formula is C17H17BrClN3O3. The third kappa shape index (κ3) is 5.65. The van der Waals surface area contributed by atoms with Crippen molar-refractivity contribution in [2.24, 2.45) is 5.10 Å². The van der Waals surface area contributed by atoms with E-state index in [1.165, 1.54) is 6.21 Å². The van der Waals surface area contributed by atoms with E-state index in [1.54, 1.807) is 50.6 Å². The summed E-state index contributed by atoms with van der Waals surface area (Å²) in [5.41, 5.74) is 3.94. The lowest BCUT2D eigenvalue weighted by atomic mass is 10.2. The summed E-state index contributed by atoms with van der Waals surface area (Å²) in [4.78, 5) is 11.8. The number of halogens is 2. The van der Waals surface area contributed by atoms with Crippen molar-refractivity contribution in [3.05, 3.63) is 51.5 Å². The average Bonchev–Trinajstić information content (AvgIpc) is 2.61. The van der Waals surface area contributed by atoms with Gasteiger partial charge in [0.05, 0.1) is 31.5 Å². The third-order valence-electron chi connectivity index (χ3n) is 3.19. The van der Waals surface area contributed by atoms with Gasteiger partial charge in [-0.2, -0.15) is 5.10 Å². The molecule has 2 N–H and O–H groups in total. The number of anilines is 1. The molecule has 6 nitrogen and oxygen atoms in total. The molecule has 2 rings (SSSR count). The minimum Gasteiger partial charge on any atom is -0.496 e. The second-order valence-corrected chi connectivity index (χ2v) is 6.17. The number of nitrogens with zero attached hydrogens (tertiary/aromatic N) is 1. The number of methoxy groups -OCH3 is 2. The molecule has 0 saturated carbocycles. The molecule has 132 valence electrons. The van der Waals surface area contributed by atoms with E-state index >= 15 is 0 Å². The summed E-state index contributed by atoms with van der Waals surface area (Å²) < 4.78 is 11.3. The molecule has 2 aromatic rings. The number of nitrogens with one attached hydrogen (secondary N) is 2. The van der Waals surface area contributed by atoms with E-state index in [1.807, 2.05) is 0 Å². The average molecular weight is 427 g/mol. The molecule has 2 aromatic carbocycles. The number of carbonyl (C=O) groups is 1. The molecule has 0 aliphatic rings. The number of hydrogen-bond donors (Lipinski definition) is 2. The van der Waals surface area contributed by atoms with Gasteiger partial charge < -0.3 is 14.8 Å². The van der Waals surface area contributed by atoms with Crippen molar-refractivity contribution in [3.63, 3.8) is 0 Å². The second kappa shape index (κ2) is 9.29. The molecule has 0 heterocycles. The maximum absolute atomic E-state index is 11.8. The standard InChI is InChI=1S/C17H17BrClN3O3/c1-24-15-8-16(25-2)14(18)7-11(15)9-21-22-17(23)10-20-13-5-3-12(19)4-6-13/h3-9,20H,10H2,1-2H3,(H,22,23)/b21-9-. The molecule has 0 radical (unpaired) electrons. The van der Waals surface area contributed by atoms with Gasteiger partial charge in [0, 0.05) is 22.3 Å². The molecule has 0 unspecified atom stereocenters. The summed E-state index contributed by atoms with van der Waals surface area (Å²) in [5.74, 6) is 0.945. The quantitative estimate of drug-likeness (QED) is 0.523. The van der Waals surface area contributed by atoms with Crippen molar-refractivity contribution in [3.8, 4) is 11.5 Å². The smallest absolute Gasteiger partial charge is 0.259 e. The number of carbonyl (C=O) groups excluding carboxylic acids is 1. The molecular weight excluding hydrogens is 410 g/mol.